The number of benzene rings is 1. The molecule has 3 heterocycles. The highest BCUT2D eigenvalue weighted by atomic mass is 32.2. The summed E-state index contributed by atoms with van der Waals surface area (Å²) in [5.74, 6) is 0.707. The van der Waals surface area contributed by atoms with Gasteiger partial charge in [-0.2, -0.15) is 4.31 Å². The minimum atomic E-state index is -3.46. The molecule has 0 spiro atoms. The van der Waals surface area contributed by atoms with E-state index in [9.17, 15) is 12.8 Å². The molecule has 0 aliphatic carbocycles. The number of rotatable bonds is 5. The number of nitrogens with one attached hydrogen (secondary N) is 1. The van der Waals surface area contributed by atoms with Crippen LogP contribution < -0.4 is 10.2 Å². The van der Waals surface area contributed by atoms with E-state index in [-0.39, 0.29) is 11.9 Å². The van der Waals surface area contributed by atoms with Crippen molar-refractivity contribution in [3.8, 4) is 0 Å². The minimum Gasteiger partial charge on any atom is -0.424 e. The lowest BCUT2D eigenvalue weighted by Gasteiger charge is -2.36. The predicted molar refractivity (Wildman–Crippen MR) is 102 cm³/mol. The van der Waals surface area contributed by atoms with Crippen molar-refractivity contribution in [2.75, 3.05) is 37.6 Å². The van der Waals surface area contributed by atoms with Crippen molar-refractivity contribution in [2.45, 2.75) is 31.1 Å². The zero-order valence-corrected chi connectivity index (χ0v) is 16.5. The summed E-state index contributed by atoms with van der Waals surface area (Å²) in [7, 11) is -3.46. The second kappa shape index (κ2) is 7.76. The molecule has 2 aliphatic rings. The number of sulfonamides is 1. The van der Waals surface area contributed by atoms with Gasteiger partial charge in [-0.1, -0.05) is 19.1 Å². The highest BCUT2D eigenvalue weighted by Crippen LogP contribution is 2.29. The molecule has 4 rings (SSSR count). The molecule has 1 aromatic heterocycles. The highest BCUT2D eigenvalue weighted by molar-refractivity contribution is 7.89. The average molecular weight is 409 g/mol. The summed E-state index contributed by atoms with van der Waals surface area (Å²) < 4.78 is 47.2. The van der Waals surface area contributed by atoms with Crippen molar-refractivity contribution in [1.29, 1.82) is 0 Å². The molecule has 28 heavy (non-hydrogen) atoms. The van der Waals surface area contributed by atoms with Crippen LogP contribution in [-0.4, -0.2) is 60.9 Å². The number of aryl methyl sites for hydroxylation is 1. The fraction of sp³-hybridized carbons (Fsp3) is 0.556. The number of hydrogen-bond acceptors (Lipinski definition) is 7. The molecular weight excluding hydrogens is 385 g/mol. The van der Waals surface area contributed by atoms with Crippen LogP contribution in [0.25, 0.3) is 0 Å². The van der Waals surface area contributed by atoms with Crippen molar-refractivity contribution in [3.05, 3.63) is 41.9 Å². The third kappa shape index (κ3) is 3.63. The number of para-hydroxylation sites is 1. The second-order valence-corrected chi connectivity index (χ2v) is 9.30. The normalized spacial score (nSPS) is 24.0. The number of hydrogen-bond donors (Lipinski definition) is 1. The van der Waals surface area contributed by atoms with Gasteiger partial charge in [-0.3, -0.25) is 0 Å². The summed E-state index contributed by atoms with van der Waals surface area (Å²) in [5, 5.41) is 10.6. The molecule has 2 fully saturated rings. The average Bonchev–Trinajstić information content (AvgIpc) is 3.38. The third-order valence-corrected chi connectivity index (χ3v) is 7.67. The van der Waals surface area contributed by atoms with Crippen molar-refractivity contribution in [3.63, 3.8) is 0 Å². The zero-order valence-electron chi connectivity index (χ0n) is 15.7. The fourth-order valence-electron chi connectivity index (χ4n) is 3.77. The zero-order chi connectivity index (χ0) is 19.7. The maximum Gasteiger partial charge on any atom is 0.233 e. The number of piperazine rings is 1. The van der Waals surface area contributed by atoms with Gasteiger partial charge in [0.2, 0.25) is 21.8 Å². The van der Waals surface area contributed by atoms with Crippen LogP contribution in [-0.2, 0) is 16.4 Å². The Labute approximate surface area is 163 Å². The van der Waals surface area contributed by atoms with Crippen molar-refractivity contribution < 1.29 is 17.2 Å². The maximum atomic E-state index is 14.0. The van der Waals surface area contributed by atoms with E-state index in [4.69, 9.17) is 4.42 Å². The van der Waals surface area contributed by atoms with Gasteiger partial charge in [-0.15, -0.1) is 10.2 Å². The maximum absolute atomic E-state index is 14.0. The molecule has 0 amide bonds. The smallest absolute Gasteiger partial charge is 0.233 e. The molecule has 2 unspecified atom stereocenters. The molecule has 0 radical (unpaired) electrons. The lowest BCUT2D eigenvalue weighted by atomic mass is 10.2. The molecular formula is C18H24FN5O3S. The Hall–Kier alpha value is -2.04. The van der Waals surface area contributed by atoms with E-state index in [1.54, 1.807) is 18.2 Å². The quantitative estimate of drug-likeness (QED) is 0.796. The van der Waals surface area contributed by atoms with E-state index in [2.05, 4.69) is 15.5 Å². The van der Waals surface area contributed by atoms with Gasteiger partial charge in [0.1, 0.15) is 5.82 Å². The first kappa shape index (κ1) is 19.3. The van der Waals surface area contributed by atoms with Gasteiger partial charge in [0, 0.05) is 39.1 Å². The van der Waals surface area contributed by atoms with Crippen LogP contribution in [0.4, 0.5) is 10.1 Å². The lowest BCUT2D eigenvalue weighted by Crippen LogP contribution is -2.51. The molecule has 1 N–H and O–H groups in total. The first-order chi connectivity index (χ1) is 13.5. The molecule has 8 nitrogen and oxygen atoms in total. The molecule has 2 saturated heterocycles. The molecule has 0 saturated carbocycles. The van der Waals surface area contributed by atoms with Gasteiger partial charge in [0.15, 0.2) is 0 Å². The van der Waals surface area contributed by atoms with E-state index in [1.165, 1.54) is 10.4 Å². The van der Waals surface area contributed by atoms with Crippen molar-refractivity contribution >= 4 is 15.7 Å². The Morgan fingerprint density at radius 1 is 1.21 bits per heavy atom. The van der Waals surface area contributed by atoms with Crippen LogP contribution in [0.1, 0.15) is 31.2 Å². The first-order valence-electron chi connectivity index (χ1n) is 9.53. The summed E-state index contributed by atoms with van der Waals surface area (Å²) in [4.78, 5) is 1.89. The Balaban J connectivity index is 1.39. The molecule has 2 aliphatic heterocycles. The van der Waals surface area contributed by atoms with Crippen molar-refractivity contribution in [2.24, 2.45) is 0 Å². The lowest BCUT2D eigenvalue weighted by molar-refractivity contribution is 0.376. The van der Waals surface area contributed by atoms with Crippen LogP contribution in [0.5, 0.6) is 0 Å². The topological polar surface area (TPSA) is 91.6 Å². The monoisotopic (exact) mass is 409 g/mol. The van der Waals surface area contributed by atoms with Gasteiger partial charge in [-0.25, -0.2) is 12.8 Å². The molecule has 0 bridgehead atoms. The van der Waals surface area contributed by atoms with Gasteiger partial charge >= 0.3 is 0 Å². The SMILES string of the molecule is CCc1nnc(C2CC(S(=O)(=O)N3CCN(c4ccccc4F)CC3)CN2)o1. The van der Waals surface area contributed by atoms with Gasteiger partial charge < -0.3 is 14.6 Å². The fourth-order valence-corrected chi connectivity index (χ4v) is 5.61. The molecule has 2 atom stereocenters. The predicted octanol–water partition coefficient (Wildman–Crippen LogP) is 1.33. The van der Waals surface area contributed by atoms with Crippen molar-refractivity contribution in [1.82, 2.24) is 19.8 Å². The Kier molecular flexibility index (Phi) is 5.35. The van der Waals surface area contributed by atoms with E-state index < -0.39 is 15.3 Å². The Morgan fingerprint density at radius 3 is 2.64 bits per heavy atom. The van der Waals surface area contributed by atoms with Crippen LogP contribution in [0.15, 0.2) is 28.7 Å². The largest absolute Gasteiger partial charge is 0.424 e. The first-order valence-corrected chi connectivity index (χ1v) is 11.0. The molecule has 2 aromatic rings. The standard InChI is InChI=1S/C18H24FN5O3S/c1-2-17-21-22-18(27-17)15-11-13(12-20-15)28(25,26)24-9-7-23(8-10-24)16-6-4-3-5-14(16)19/h3-6,13,15,20H,2,7-12H2,1H3. The Bertz CT molecular complexity index is 927. The highest BCUT2D eigenvalue weighted by Gasteiger charge is 2.41. The molecule has 1 aromatic carbocycles. The Morgan fingerprint density at radius 2 is 1.96 bits per heavy atom. The number of aromatic nitrogens is 2. The number of anilines is 1. The summed E-state index contributed by atoms with van der Waals surface area (Å²) in [6, 6.07) is 6.33. The van der Waals surface area contributed by atoms with Crippen LogP contribution in [0.3, 0.4) is 0 Å². The second-order valence-electron chi connectivity index (χ2n) is 7.09. The van der Waals surface area contributed by atoms with Crippen LogP contribution >= 0.6 is 0 Å². The minimum absolute atomic E-state index is 0.243. The van der Waals surface area contributed by atoms with E-state index in [1.807, 2.05) is 11.8 Å². The summed E-state index contributed by atoms with van der Waals surface area (Å²) >= 11 is 0. The van der Waals surface area contributed by atoms with Crippen LogP contribution in [0.2, 0.25) is 0 Å². The van der Waals surface area contributed by atoms with Gasteiger partial charge in [0.25, 0.3) is 0 Å². The van der Waals surface area contributed by atoms with E-state index in [0.29, 0.717) is 63.0 Å². The summed E-state index contributed by atoms with van der Waals surface area (Å²) in [6.45, 7) is 3.90. The van der Waals surface area contributed by atoms with Crippen LogP contribution in [0, 0.1) is 5.82 Å². The van der Waals surface area contributed by atoms with Gasteiger partial charge in [-0.05, 0) is 18.6 Å². The van der Waals surface area contributed by atoms with E-state index >= 15 is 0 Å². The number of halogens is 1. The third-order valence-electron chi connectivity index (χ3n) is 5.39. The summed E-state index contributed by atoms with van der Waals surface area (Å²) in [6.07, 6.45) is 1.05. The molecule has 10 heteroatoms. The van der Waals surface area contributed by atoms with E-state index in [0.717, 1.165) is 0 Å². The number of nitrogens with zero attached hydrogens (tertiary/aromatic N) is 4. The molecule has 152 valence electrons. The summed E-state index contributed by atoms with van der Waals surface area (Å²) in [5.41, 5.74) is 0.519. The van der Waals surface area contributed by atoms with Gasteiger partial charge in [0.05, 0.1) is 17.0 Å².